The van der Waals surface area contributed by atoms with Gasteiger partial charge in [-0.15, -0.1) is 0 Å². The van der Waals surface area contributed by atoms with Gasteiger partial charge in [-0.1, -0.05) is 19.1 Å². The van der Waals surface area contributed by atoms with Gasteiger partial charge in [0.05, 0.1) is 19.3 Å². The van der Waals surface area contributed by atoms with Crippen molar-refractivity contribution in [2.75, 3.05) is 7.11 Å². The van der Waals surface area contributed by atoms with Crippen molar-refractivity contribution >= 4 is 15.9 Å². The lowest BCUT2D eigenvalue weighted by atomic mass is 10.0. The van der Waals surface area contributed by atoms with Crippen LogP contribution in [0.25, 0.3) is 0 Å². The predicted octanol–water partition coefficient (Wildman–Crippen LogP) is 2.79. The van der Waals surface area contributed by atoms with E-state index in [0.717, 1.165) is 22.3 Å². The molecule has 2 rings (SSSR count). The van der Waals surface area contributed by atoms with Gasteiger partial charge in [0, 0.05) is 5.56 Å². The lowest BCUT2D eigenvalue weighted by Crippen LogP contribution is -2.15. The van der Waals surface area contributed by atoms with Crippen LogP contribution in [0.4, 0.5) is 0 Å². The third-order valence-corrected chi connectivity index (χ3v) is 3.30. The molecule has 0 bridgehead atoms. The number of nitrogens with one attached hydrogen (secondary N) is 1. The van der Waals surface area contributed by atoms with E-state index in [1.165, 1.54) is 5.56 Å². The number of benzene rings is 1. The molecule has 1 aromatic heterocycles. The molecule has 0 aliphatic rings. The number of halogens is 1. The molecule has 4 nitrogen and oxygen atoms in total. The lowest BCUT2D eigenvalue weighted by Gasteiger charge is -2.15. The van der Waals surface area contributed by atoms with Crippen LogP contribution in [-0.2, 0) is 6.42 Å². The summed E-state index contributed by atoms with van der Waals surface area (Å²) in [6.07, 6.45) is 2.66. The highest BCUT2D eigenvalue weighted by Gasteiger charge is 2.17. The number of nitrogens with two attached hydrogens (primary N) is 1. The molecular weight excluding hydrogens is 294 g/mol. The van der Waals surface area contributed by atoms with Crippen LogP contribution in [0.5, 0.6) is 5.75 Å². The molecule has 18 heavy (non-hydrogen) atoms. The number of aromatic amines is 1. The predicted molar refractivity (Wildman–Crippen MR) is 74.7 cm³/mol. The van der Waals surface area contributed by atoms with Crippen molar-refractivity contribution in [1.29, 1.82) is 0 Å². The molecule has 0 saturated heterocycles. The molecular formula is C13H16BrN3O. The van der Waals surface area contributed by atoms with E-state index in [1.54, 1.807) is 13.3 Å². The van der Waals surface area contributed by atoms with Crippen molar-refractivity contribution in [3.05, 3.63) is 46.0 Å². The first kappa shape index (κ1) is 13.1. The van der Waals surface area contributed by atoms with E-state index in [1.807, 2.05) is 12.1 Å². The Hall–Kier alpha value is -1.33. The summed E-state index contributed by atoms with van der Waals surface area (Å²) >= 11 is 3.33. The van der Waals surface area contributed by atoms with Crippen LogP contribution in [0.2, 0.25) is 0 Å². The Morgan fingerprint density at radius 1 is 1.50 bits per heavy atom. The Labute approximate surface area is 115 Å². The van der Waals surface area contributed by atoms with Gasteiger partial charge in [-0.3, -0.25) is 0 Å². The Morgan fingerprint density at radius 2 is 2.28 bits per heavy atom. The van der Waals surface area contributed by atoms with E-state index < -0.39 is 0 Å². The topological polar surface area (TPSA) is 63.9 Å². The highest BCUT2D eigenvalue weighted by atomic mass is 79.9. The average molecular weight is 310 g/mol. The van der Waals surface area contributed by atoms with Gasteiger partial charge in [-0.2, -0.15) is 0 Å². The highest BCUT2D eigenvalue weighted by Crippen LogP contribution is 2.28. The fourth-order valence-corrected chi connectivity index (χ4v) is 2.17. The van der Waals surface area contributed by atoms with Crippen LogP contribution in [0.3, 0.4) is 0 Å². The quantitative estimate of drug-likeness (QED) is 0.912. The number of nitrogens with zero attached hydrogens (tertiary/aromatic N) is 1. The lowest BCUT2D eigenvalue weighted by molar-refractivity contribution is 0.407. The summed E-state index contributed by atoms with van der Waals surface area (Å²) < 4.78 is 6.18. The SMILES string of the molecule is CCc1ccc(OC)c(C(N)c2ncc(Br)[nH]2)c1. The molecule has 0 radical (unpaired) electrons. The van der Waals surface area contributed by atoms with Crippen LogP contribution in [0.1, 0.15) is 29.9 Å². The second-order valence-electron chi connectivity index (χ2n) is 4.02. The van der Waals surface area contributed by atoms with Crippen LogP contribution in [-0.4, -0.2) is 17.1 Å². The zero-order valence-corrected chi connectivity index (χ0v) is 12.0. The standard InChI is InChI=1S/C13H16BrN3O/c1-3-8-4-5-10(18-2)9(6-8)12(15)13-16-7-11(14)17-13/h4-7,12H,3,15H2,1-2H3,(H,16,17). The number of aromatic nitrogens is 2. The maximum absolute atomic E-state index is 6.24. The number of rotatable bonds is 4. The normalized spacial score (nSPS) is 12.4. The van der Waals surface area contributed by atoms with Crippen molar-refractivity contribution in [2.24, 2.45) is 5.73 Å². The van der Waals surface area contributed by atoms with Gasteiger partial charge in [0.15, 0.2) is 0 Å². The first-order chi connectivity index (χ1) is 8.65. The minimum absolute atomic E-state index is 0.322. The molecule has 1 atom stereocenters. The number of aryl methyl sites for hydroxylation is 1. The second-order valence-corrected chi connectivity index (χ2v) is 4.88. The fraction of sp³-hybridized carbons (Fsp3) is 0.308. The summed E-state index contributed by atoms with van der Waals surface area (Å²) in [6, 6.07) is 5.75. The molecule has 0 aliphatic carbocycles. The van der Waals surface area contributed by atoms with Gasteiger partial charge in [-0.05, 0) is 34.0 Å². The first-order valence-corrected chi connectivity index (χ1v) is 6.57. The molecule has 5 heteroatoms. The smallest absolute Gasteiger partial charge is 0.128 e. The maximum Gasteiger partial charge on any atom is 0.128 e. The largest absolute Gasteiger partial charge is 0.496 e. The highest BCUT2D eigenvalue weighted by molar-refractivity contribution is 9.10. The van der Waals surface area contributed by atoms with Crippen LogP contribution >= 0.6 is 15.9 Å². The van der Waals surface area contributed by atoms with E-state index in [9.17, 15) is 0 Å². The Kier molecular flexibility index (Phi) is 4.04. The van der Waals surface area contributed by atoms with Crippen molar-refractivity contribution in [3.8, 4) is 5.75 Å². The van der Waals surface area contributed by atoms with Crippen LogP contribution in [0, 0.1) is 0 Å². The molecule has 96 valence electrons. The third kappa shape index (κ3) is 2.57. The summed E-state index contributed by atoms with van der Waals surface area (Å²) in [5.74, 6) is 1.50. The molecule has 0 amide bonds. The number of hydrogen-bond donors (Lipinski definition) is 2. The minimum Gasteiger partial charge on any atom is -0.496 e. The fourth-order valence-electron chi connectivity index (χ4n) is 1.87. The minimum atomic E-state index is -0.322. The summed E-state index contributed by atoms with van der Waals surface area (Å²) in [5, 5.41) is 0. The van der Waals surface area contributed by atoms with Gasteiger partial charge < -0.3 is 15.5 Å². The molecule has 3 N–H and O–H groups in total. The number of hydrogen-bond acceptors (Lipinski definition) is 3. The van der Waals surface area contributed by atoms with Crippen LogP contribution in [0.15, 0.2) is 29.0 Å². The Balaban J connectivity index is 2.41. The molecule has 2 aromatic rings. The summed E-state index contributed by atoms with van der Waals surface area (Å²) in [7, 11) is 1.65. The second kappa shape index (κ2) is 5.54. The maximum atomic E-state index is 6.24. The summed E-state index contributed by atoms with van der Waals surface area (Å²) in [6.45, 7) is 2.11. The molecule has 1 heterocycles. The molecule has 1 unspecified atom stereocenters. The number of ether oxygens (including phenoxy) is 1. The monoisotopic (exact) mass is 309 g/mol. The zero-order valence-electron chi connectivity index (χ0n) is 10.4. The molecule has 0 aliphatic heterocycles. The number of H-pyrrole nitrogens is 1. The molecule has 0 spiro atoms. The number of imidazole rings is 1. The van der Waals surface area contributed by atoms with E-state index in [4.69, 9.17) is 10.5 Å². The van der Waals surface area contributed by atoms with E-state index in [0.29, 0.717) is 5.82 Å². The van der Waals surface area contributed by atoms with Crippen LogP contribution < -0.4 is 10.5 Å². The average Bonchev–Trinajstić information content (AvgIpc) is 2.83. The third-order valence-electron chi connectivity index (χ3n) is 2.90. The van der Waals surface area contributed by atoms with Crippen molar-refractivity contribution in [1.82, 2.24) is 9.97 Å². The summed E-state index contributed by atoms with van der Waals surface area (Å²) in [5.41, 5.74) is 8.41. The Bertz CT molecular complexity index is 539. The zero-order chi connectivity index (χ0) is 13.1. The van der Waals surface area contributed by atoms with Gasteiger partial charge in [0.2, 0.25) is 0 Å². The summed E-state index contributed by atoms with van der Waals surface area (Å²) in [4.78, 5) is 7.33. The Morgan fingerprint density at radius 3 is 2.83 bits per heavy atom. The van der Waals surface area contributed by atoms with Gasteiger partial charge in [0.25, 0.3) is 0 Å². The van der Waals surface area contributed by atoms with Gasteiger partial charge >= 0.3 is 0 Å². The van der Waals surface area contributed by atoms with Crippen molar-refractivity contribution in [2.45, 2.75) is 19.4 Å². The first-order valence-electron chi connectivity index (χ1n) is 5.78. The molecule has 0 saturated carbocycles. The van der Waals surface area contributed by atoms with E-state index in [-0.39, 0.29) is 6.04 Å². The molecule has 0 fully saturated rings. The van der Waals surface area contributed by atoms with Crippen molar-refractivity contribution in [3.63, 3.8) is 0 Å². The number of methoxy groups -OCH3 is 1. The molecule has 1 aromatic carbocycles. The van der Waals surface area contributed by atoms with E-state index >= 15 is 0 Å². The van der Waals surface area contributed by atoms with Crippen molar-refractivity contribution < 1.29 is 4.74 Å². The van der Waals surface area contributed by atoms with E-state index in [2.05, 4.69) is 38.9 Å². The van der Waals surface area contributed by atoms with Gasteiger partial charge in [0.1, 0.15) is 16.2 Å². The van der Waals surface area contributed by atoms with Gasteiger partial charge in [-0.25, -0.2) is 4.98 Å².